The van der Waals surface area contributed by atoms with Crippen molar-refractivity contribution in [3.8, 4) is 11.1 Å². The Morgan fingerprint density at radius 2 is 1.62 bits per heavy atom. The van der Waals surface area contributed by atoms with Crippen LogP contribution in [0.2, 0.25) is 0 Å². The third-order valence-electron chi connectivity index (χ3n) is 3.87. The summed E-state index contributed by atoms with van der Waals surface area (Å²) in [5.41, 5.74) is 2.39. The van der Waals surface area contributed by atoms with Crippen LogP contribution >= 0.6 is 0 Å². The maximum atomic E-state index is 13.4. The third-order valence-corrected chi connectivity index (χ3v) is 3.87. The van der Waals surface area contributed by atoms with E-state index in [-0.39, 0.29) is 11.1 Å². The molecule has 0 bridgehead atoms. The van der Waals surface area contributed by atoms with Gasteiger partial charge in [-0.3, -0.25) is 9.13 Å². The van der Waals surface area contributed by atoms with Crippen molar-refractivity contribution in [2.75, 3.05) is 0 Å². The van der Waals surface area contributed by atoms with E-state index in [0.717, 1.165) is 11.0 Å². The molecule has 0 unspecified atom stereocenters. The summed E-state index contributed by atoms with van der Waals surface area (Å²) < 4.78 is 30.0. The number of rotatable bonds is 2. The molecular weight excluding hydrogens is 312 g/mol. The summed E-state index contributed by atoms with van der Waals surface area (Å²) >= 11 is 0. The first kappa shape index (κ1) is 16.4. The first-order chi connectivity index (χ1) is 11.2. The standard InChI is InChI=1S/C18H19F2N3O/c1-18(2,3)10-23-13-6-5-11(7-14(13)22(4)17(23)24)12-8-15(19)21-16(20)9-12/h5-9H,10H2,1-4H3. The van der Waals surface area contributed by atoms with E-state index in [1.807, 2.05) is 6.07 Å². The minimum absolute atomic E-state index is 0.0475. The zero-order valence-electron chi connectivity index (χ0n) is 14.1. The first-order valence-electron chi connectivity index (χ1n) is 7.68. The molecule has 3 rings (SSSR count). The lowest BCUT2D eigenvalue weighted by Gasteiger charge is -2.18. The zero-order chi connectivity index (χ0) is 17.6. The molecule has 126 valence electrons. The van der Waals surface area contributed by atoms with Crippen LogP contribution in [0.4, 0.5) is 8.78 Å². The van der Waals surface area contributed by atoms with E-state index in [0.29, 0.717) is 17.7 Å². The van der Waals surface area contributed by atoms with Crippen molar-refractivity contribution in [2.45, 2.75) is 27.3 Å². The normalized spacial score (nSPS) is 12.1. The van der Waals surface area contributed by atoms with Crippen molar-refractivity contribution in [3.63, 3.8) is 0 Å². The quantitative estimate of drug-likeness (QED) is 0.671. The Balaban J connectivity index is 2.19. The topological polar surface area (TPSA) is 39.8 Å². The van der Waals surface area contributed by atoms with Gasteiger partial charge in [-0.1, -0.05) is 26.8 Å². The third kappa shape index (κ3) is 2.96. The summed E-state index contributed by atoms with van der Waals surface area (Å²) in [5.74, 6) is -1.74. The molecule has 2 aromatic heterocycles. The highest BCUT2D eigenvalue weighted by molar-refractivity contribution is 5.82. The van der Waals surface area contributed by atoms with E-state index in [2.05, 4.69) is 25.8 Å². The van der Waals surface area contributed by atoms with E-state index < -0.39 is 11.9 Å². The van der Waals surface area contributed by atoms with Crippen LogP contribution in [0, 0.1) is 17.3 Å². The summed E-state index contributed by atoms with van der Waals surface area (Å²) in [6.07, 6.45) is 0. The summed E-state index contributed by atoms with van der Waals surface area (Å²) in [6.45, 7) is 6.78. The van der Waals surface area contributed by atoms with Crippen LogP contribution in [0.1, 0.15) is 20.8 Å². The molecule has 3 aromatic rings. The van der Waals surface area contributed by atoms with Crippen LogP contribution in [0.3, 0.4) is 0 Å². The molecule has 0 saturated heterocycles. The van der Waals surface area contributed by atoms with E-state index in [4.69, 9.17) is 0 Å². The SMILES string of the molecule is Cn1c(=O)n(CC(C)(C)C)c2ccc(-c3cc(F)nc(F)c3)cc21. The number of benzene rings is 1. The fraction of sp³-hybridized carbons (Fsp3) is 0.333. The number of aromatic nitrogens is 3. The fourth-order valence-electron chi connectivity index (χ4n) is 2.85. The van der Waals surface area contributed by atoms with E-state index in [1.54, 1.807) is 28.3 Å². The lowest BCUT2D eigenvalue weighted by atomic mass is 9.97. The van der Waals surface area contributed by atoms with Gasteiger partial charge in [0.2, 0.25) is 11.9 Å². The van der Waals surface area contributed by atoms with Crippen molar-refractivity contribution < 1.29 is 8.78 Å². The first-order valence-corrected chi connectivity index (χ1v) is 7.68. The van der Waals surface area contributed by atoms with Gasteiger partial charge in [0.1, 0.15) is 0 Å². The molecule has 1 aromatic carbocycles. The van der Waals surface area contributed by atoms with Gasteiger partial charge in [0.25, 0.3) is 0 Å². The maximum Gasteiger partial charge on any atom is 0.328 e. The van der Waals surface area contributed by atoms with E-state index in [1.165, 1.54) is 12.1 Å². The lowest BCUT2D eigenvalue weighted by molar-refractivity contribution is 0.342. The molecule has 0 atom stereocenters. The fourth-order valence-corrected chi connectivity index (χ4v) is 2.85. The van der Waals surface area contributed by atoms with Gasteiger partial charge in [0, 0.05) is 25.7 Å². The molecule has 0 fully saturated rings. The number of nitrogens with zero attached hydrogens (tertiary/aromatic N) is 3. The average Bonchev–Trinajstić information content (AvgIpc) is 2.69. The van der Waals surface area contributed by atoms with Gasteiger partial charge in [-0.05, 0) is 28.7 Å². The molecule has 4 nitrogen and oxygen atoms in total. The molecule has 24 heavy (non-hydrogen) atoms. The summed E-state index contributed by atoms with van der Waals surface area (Å²) in [4.78, 5) is 15.6. The average molecular weight is 331 g/mol. The highest BCUT2D eigenvalue weighted by Gasteiger charge is 2.18. The van der Waals surface area contributed by atoms with Crippen LogP contribution in [0.25, 0.3) is 22.2 Å². The smallest absolute Gasteiger partial charge is 0.295 e. The second kappa shape index (κ2) is 5.54. The van der Waals surface area contributed by atoms with Crippen LogP contribution in [-0.4, -0.2) is 14.1 Å². The molecule has 0 radical (unpaired) electrons. The van der Waals surface area contributed by atoms with Crippen molar-refractivity contribution in [1.82, 2.24) is 14.1 Å². The highest BCUT2D eigenvalue weighted by Crippen LogP contribution is 2.26. The Labute approximate surface area is 138 Å². The molecule has 2 heterocycles. The number of aryl methyl sites for hydroxylation is 1. The van der Waals surface area contributed by atoms with Gasteiger partial charge in [-0.2, -0.15) is 13.8 Å². The zero-order valence-corrected chi connectivity index (χ0v) is 14.1. The van der Waals surface area contributed by atoms with Crippen LogP contribution in [0.5, 0.6) is 0 Å². The number of pyridine rings is 1. The predicted octanol–water partition coefficient (Wildman–Crippen LogP) is 3.73. The van der Waals surface area contributed by atoms with E-state index in [9.17, 15) is 13.6 Å². The Kier molecular flexibility index (Phi) is 3.78. The second-order valence-electron chi connectivity index (χ2n) is 7.19. The van der Waals surface area contributed by atoms with E-state index >= 15 is 0 Å². The van der Waals surface area contributed by atoms with Gasteiger partial charge in [0.15, 0.2) is 0 Å². The number of hydrogen-bond acceptors (Lipinski definition) is 2. The molecular formula is C18H19F2N3O. The van der Waals surface area contributed by atoms with Gasteiger partial charge in [-0.25, -0.2) is 4.79 Å². The van der Waals surface area contributed by atoms with Gasteiger partial charge in [0.05, 0.1) is 11.0 Å². The predicted molar refractivity (Wildman–Crippen MR) is 89.8 cm³/mol. The molecule has 0 aliphatic carbocycles. The molecule has 0 amide bonds. The largest absolute Gasteiger partial charge is 0.328 e. The second-order valence-corrected chi connectivity index (χ2v) is 7.19. The molecule has 0 aliphatic heterocycles. The number of hydrogen-bond donors (Lipinski definition) is 0. The van der Waals surface area contributed by atoms with Crippen LogP contribution in [-0.2, 0) is 13.6 Å². The monoisotopic (exact) mass is 331 g/mol. The molecule has 0 N–H and O–H groups in total. The Hall–Kier alpha value is -2.50. The number of halogens is 2. The number of fused-ring (bicyclic) bond motifs is 1. The highest BCUT2D eigenvalue weighted by atomic mass is 19.1. The Bertz CT molecular complexity index is 960. The number of imidazole rings is 1. The minimum atomic E-state index is -0.871. The molecule has 0 saturated carbocycles. The lowest BCUT2D eigenvalue weighted by Crippen LogP contribution is -2.27. The molecule has 0 spiro atoms. The Morgan fingerprint density at radius 3 is 2.21 bits per heavy atom. The van der Waals surface area contributed by atoms with Crippen molar-refractivity contribution in [3.05, 3.63) is 52.7 Å². The van der Waals surface area contributed by atoms with Crippen LogP contribution < -0.4 is 5.69 Å². The van der Waals surface area contributed by atoms with Crippen molar-refractivity contribution in [1.29, 1.82) is 0 Å². The molecule has 6 heteroatoms. The van der Waals surface area contributed by atoms with Gasteiger partial charge in [-0.15, -0.1) is 0 Å². The summed E-state index contributed by atoms with van der Waals surface area (Å²) in [5, 5.41) is 0. The maximum absolute atomic E-state index is 13.4. The Morgan fingerprint density at radius 1 is 1.00 bits per heavy atom. The van der Waals surface area contributed by atoms with Gasteiger partial charge < -0.3 is 0 Å². The van der Waals surface area contributed by atoms with Crippen molar-refractivity contribution >= 4 is 11.0 Å². The van der Waals surface area contributed by atoms with Crippen molar-refractivity contribution in [2.24, 2.45) is 12.5 Å². The van der Waals surface area contributed by atoms with Crippen LogP contribution in [0.15, 0.2) is 35.1 Å². The summed E-state index contributed by atoms with van der Waals surface area (Å²) in [6, 6.07) is 7.69. The summed E-state index contributed by atoms with van der Waals surface area (Å²) in [7, 11) is 1.70. The van der Waals surface area contributed by atoms with Gasteiger partial charge >= 0.3 is 5.69 Å². The molecule has 0 aliphatic rings. The minimum Gasteiger partial charge on any atom is -0.295 e.